The van der Waals surface area contributed by atoms with Gasteiger partial charge in [-0.05, 0) is 12.8 Å². The average Bonchev–Trinajstić information content (AvgIpc) is 2.29. The van der Waals surface area contributed by atoms with Crippen LogP contribution in [0.3, 0.4) is 0 Å². The van der Waals surface area contributed by atoms with Crippen molar-refractivity contribution in [2.75, 3.05) is 26.2 Å². The fraction of sp³-hybridized carbons (Fsp3) is 0.846. The molecule has 1 saturated heterocycles. The van der Waals surface area contributed by atoms with E-state index in [0.717, 1.165) is 25.4 Å². The van der Waals surface area contributed by atoms with Crippen LogP contribution in [0, 0.1) is 17.8 Å². The van der Waals surface area contributed by atoms with Crippen LogP contribution < -0.4 is 5.32 Å². The van der Waals surface area contributed by atoms with E-state index >= 15 is 0 Å². The number of nitrogens with zero attached hydrogens (tertiary/aromatic N) is 1. The fourth-order valence-corrected chi connectivity index (χ4v) is 2.05. The van der Waals surface area contributed by atoms with Crippen molar-refractivity contribution in [3.63, 3.8) is 0 Å². The van der Waals surface area contributed by atoms with Crippen molar-refractivity contribution in [2.24, 2.45) is 5.92 Å². The van der Waals surface area contributed by atoms with E-state index in [0.29, 0.717) is 6.04 Å². The Bertz CT molecular complexity index is 226. The highest BCUT2D eigenvalue weighted by molar-refractivity contribution is 4.96. The molecule has 1 aliphatic heterocycles. The lowest BCUT2D eigenvalue weighted by Crippen LogP contribution is -2.53. The summed E-state index contributed by atoms with van der Waals surface area (Å²) < 4.78 is 0. The first kappa shape index (κ1) is 12.5. The zero-order chi connectivity index (χ0) is 11.1. The molecule has 0 aliphatic carbocycles. The molecule has 2 heteroatoms. The highest BCUT2D eigenvalue weighted by Crippen LogP contribution is 2.12. The molecule has 1 heterocycles. The molecule has 0 aromatic heterocycles. The molecular formula is C13H24N2. The van der Waals surface area contributed by atoms with E-state index in [1.807, 2.05) is 6.92 Å². The number of rotatable bonds is 4. The van der Waals surface area contributed by atoms with Gasteiger partial charge in [-0.1, -0.05) is 20.3 Å². The molecule has 0 aromatic carbocycles. The number of hydrogen-bond acceptors (Lipinski definition) is 2. The number of piperazine rings is 1. The largest absolute Gasteiger partial charge is 0.311 e. The smallest absolute Gasteiger partial charge is 0.0221 e. The van der Waals surface area contributed by atoms with E-state index in [2.05, 4.69) is 35.9 Å². The first-order valence-corrected chi connectivity index (χ1v) is 6.13. The predicted molar refractivity (Wildman–Crippen MR) is 65.8 cm³/mol. The lowest BCUT2D eigenvalue weighted by Gasteiger charge is -2.36. The molecule has 0 amide bonds. The van der Waals surface area contributed by atoms with Crippen LogP contribution in [0.4, 0.5) is 0 Å². The van der Waals surface area contributed by atoms with Crippen LogP contribution in [0.25, 0.3) is 0 Å². The third kappa shape index (κ3) is 4.24. The van der Waals surface area contributed by atoms with Gasteiger partial charge in [-0.15, -0.1) is 11.8 Å². The molecule has 2 atom stereocenters. The van der Waals surface area contributed by atoms with Gasteiger partial charge in [-0.2, -0.15) is 0 Å². The molecule has 2 unspecified atom stereocenters. The molecule has 0 saturated carbocycles. The highest BCUT2D eigenvalue weighted by atomic mass is 15.2. The van der Waals surface area contributed by atoms with Crippen molar-refractivity contribution in [1.29, 1.82) is 0 Å². The molecule has 0 aromatic rings. The van der Waals surface area contributed by atoms with Crippen LogP contribution in [0.2, 0.25) is 0 Å². The second-order valence-electron chi connectivity index (χ2n) is 4.42. The van der Waals surface area contributed by atoms with Gasteiger partial charge in [0, 0.05) is 38.6 Å². The van der Waals surface area contributed by atoms with Gasteiger partial charge in [-0.25, -0.2) is 0 Å². The quantitative estimate of drug-likeness (QED) is 0.708. The van der Waals surface area contributed by atoms with Crippen LogP contribution >= 0.6 is 0 Å². The number of nitrogens with one attached hydrogen (secondary N) is 1. The molecule has 1 rings (SSSR count). The first-order valence-electron chi connectivity index (χ1n) is 6.13. The maximum Gasteiger partial charge on any atom is 0.0221 e. The Morgan fingerprint density at radius 1 is 1.53 bits per heavy atom. The second kappa shape index (κ2) is 6.87. The Morgan fingerprint density at radius 3 is 3.00 bits per heavy atom. The Labute approximate surface area is 94.4 Å². The minimum Gasteiger partial charge on any atom is -0.311 e. The molecule has 0 bridgehead atoms. The average molecular weight is 208 g/mol. The van der Waals surface area contributed by atoms with Crippen molar-refractivity contribution < 1.29 is 0 Å². The van der Waals surface area contributed by atoms with Crippen LogP contribution in [-0.2, 0) is 0 Å². The van der Waals surface area contributed by atoms with Gasteiger partial charge in [0.15, 0.2) is 0 Å². The summed E-state index contributed by atoms with van der Waals surface area (Å²) in [5, 5.41) is 3.61. The maximum atomic E-state index is 3.61. The minimum absolute atomic E-state index is 0.679. The molecule has 1 aliphatic rings. The van der Waals surface area contributed by atoms with Crippen LogP contribution in [0.15, 0.2) is 0 Å². The third-order valence-corrected chi connectivity index (χ3v) is 3.35. The minimum atomic E-state index is 0.679. The molecule has 2 nitrogen and oxygen atoms in total. The van der Waals surface area contributed by atoms with Crippen LogP contribution in [0.1, 0.15) is 33.6 Å². The van der Waals surface area contributed by atoms with Crippen molar-refractivity contribution in [3.8, 4) is 11.8 Å². The van der Waals surface area contributed by atoms with E-state index < -0.39 is 0 Å². The Morgan fingerprint density at radius 2 is 2.33 bits per heavy atom. The molecule has 0 spiro atoms. The molecule has 0 radical (unpaired) electrons. The van der Waals surface area contributed by atoms with Gasteiger partial charge in [-0.3, -0.25) is 4.90 Å². The van der Waals surface area contributed by atoms with Crippen molar-refractivity contribution in [1.82, 2.24) is 10.2 Å². The van der Waals surface area contributed by atoms with Gasteiger partial charge in [0.2, 0.25) is 0 Å². The molecule has 86 valence electrons. The molecule has 15 heavy (non-hydrogen) atoms. The lowest BCUT2D eigenvalue weighted by atomic mass is 9.97. The monoisotopic (exact) mass is 208 g/mol. The van der Waals surface area contributed by atoms with Crippen LogP contribution in [-0.4, -0.2) is 37.1 Å². The molecular weight excluding hydrogens is 184 g/mol. The predicted octanol–water partition coefficient (Wildman–Crippen LogP) is 1.72. The molecule has 1 fully saturated rings. The van der Waals surface area contributed by atoms with E-state index in [-0.39, 0.29) is 0 Å². The zero-order valence-electron chi connectivity index (χ0n) is 10.3. The summed E-state index contributed by atoms with van der Waals surface area (Å²) in [6, 6.07) is 0.679. The summed E-state index contributed by atoms with van der Waals surface area (Å²) in [7, 11) is 0. The second-order valence-corrected chi connectivity index (χ2v) is 4.42. The summed E-state index contributed by atoms with van der Waals surface area (Å²) in [5.74, 6) is 6.88. The Kier molecular flexibility index (Phi) is 5.75. The number of hydrogen-bond donors (Lipinski definition) is 1. The lowest BCUT2D eigenvalue weighted by molar-refractivity contribution is 0.171. The first-order chi connectivity index (χ1) is 7.27. The van der Waals surface area contributed by atoms with Crippen LogP contribution in [0.5, 0.6) is 0 Å². The van der Waals surface area contributed by atoms with Crippen molar-refractivity contribution >= 4 is 0 Å². The Hall–Kier alpha value is -0.520. The Balaban J connectivity index is 2.30. The van der Waals surface area contributed by atoms with E-state index in [9.17, 15) is 0 Å². The SMILES string of the molecule is CC#CCCN1CCNC(C(C)CC)C1. The van der Waals surface area contributed by atoms with E-state index in [1.165, 1.54) is 19.5 Å². The van der Waals surface area contributed by atoms with Gasteiger partial charge in [0.05, 0.1) is 0 Å². The summed E-state index contributed by atoms with van der Waals surface area (Å²) in [5.41, 5.74) is 0. The third-order valence-electron chi connectivity index (χ3n) is 3.35. The van der Waals surface area contributed by atoms with Crippen molar-refractivity contribution in [3.05, 3.63) is 0 Å². The summed E-state index contributed by atoms with van der Waals surface area (Å²) >= 11 is 0. The highest BCUT2D eigenvalue weighted by Gasteiger charge is 2.22. The fourth-order valence-electron chi connectivity index (χ4n) is 2.05. The van der Waals surface area contributed by atoms with Gasteiger partial charge in [0.1, 0.15) is 0 Å². The zero-order valence-corrected chi connectivity index (χ0v) is 10.3. The summed E-state index contributed by atoms with van der Waals surface area (Å²) in [4.78, 5) is 2.54. The van der Waals surface area contributed by atoms with Gasteiger partial charge >= 0.3 is 0 Å². The standard InChI is InChI=1S/C13H24N2/c1-4-6-7-9-15-10-8-14-13(11-15)12(3)5-2/h12-14H,5,7-11H2,1-3H3. The van der Waals surface area contributed by atoms with E-state index in [4.69, 9.17) is 0 Å². The maximum absolute atomic E-state index is 3.61. The normalized spacial score (nSPS) is 24.3. The molecule has 1 N–H and O–H groups in total. The van der Waals surface area contributed by atoms with Gasteiger partial charge in [0.25, 0.3) is 0 Å². The summed E-state index contributed by atoms with van der Waals surface area (Å²) in [6.07, 6.45) is 2.28. The topological polar surface area (TPSA) is 15.3 Å². The summed E-state index contributed by atoms with van der Waals surface area (Å²) in [6.45, 7) is 11.2. The van der Waals surface area contributed by atoms with E-state index in [1.54, 1.807) is 0 Å². The van der Waals surface area contributed by atoms with Crippen molar-refractivity contribution in [2.45, 2.75) is 39.7 Å². The van der Waals surface area contributed by atoms with Gasteiger partial charge < -0.3 is 5.32 Å².